The summed E-state index contributed by atoms with van der Waals surface area (Å²) in [5, 5.41) is 9.98. The lowest BCUT2D eigenvalue weighted by Crippen LogP contribution is -2.32. The first-order valence-electron chi connectivity index (χ1n) is 10.4. The molecule has 0 amide bonds. The summed E-state index contributed by atoms with van der Waals surface area (Å²) in [5.74, 6) is 7.26. The monoisotopic (exact) mass is 420 g/mol. The highest BCUT2D eigenvalue weighted by molar-refractivity contribution is 7.23. The van der Waals surface area contributed by atoms with Crippen LogP contribution in [-0.4, -0.2) is 10.9 Å². The van der Waals surface area contributed by atoms with Gasteiger partial charge in [0, 0.05) is 15.7 Å². The first-order valence-corrected chi connectivity index (χ1v) is 12.0. The second-order valence-electron chi connectivity index (χ2n) is 8.51. The number of carbonyl (C=O) groups excluding carboxylic acids is 1. The van der Waals surface area contributed by atoms with Gasteiger partial charge in [0.2, 0.25) is 0 Å². The molecule has 2 saturated carbocycles. The van der Waals surface area contributed by atoms with Gasteiger partial charge in [-0.2, -0.15) is 0 Å². The molecule has 148 valence electrons. The zero-order valence-electron chi connectivity index (χ0n) is 16.5. The van der Waals surface area contributed by atoms with Gasteiger partial charge >= 0.3 is 0 Å². The molecule has 0 aliphatic heterocycles. The van der Waals surface area contributed by atoms with E-state index in [1.165, 1.54) is 17.7 Å². The van der Waals surface area contributed by atoms with E-state index >= 15 is 0 Å². The number of fused-ring (bicyclic) bond motifs is 1. The summed E-state index contributed by atoms with van der Waals surface area (Å²) >= 11 is 3.30. The van der Waals surface area contributed by atoms with Crippen molar-refractivity contribution in [2.24, 2.45) is 23.2 Å². The number of rotatable bonds is 3. The van der Waals surface area contributed by atoms with Crippen LogP contribution in [0.4, 0.5) is 0 Å². The molecule has 1 spiro atoms. The number of carbonyl (C=O) groups is 1. The fraction of sp³-hybridized carbons (Fsp3) is 0.400. The van der Waals surface area contributed by atoms with Crippen molar-refractivity contribution >= 4 is 28.5 Å². The first kappa shape index (κ1) is 18.9. The third kappa shape index (κ3) is 3.21. The van der Waals surface area contributed by atoms with Crippen LogP contribution in [0.3, 0.4) is 0 Å². The second-order valence-corrected chi connectivity index (χ2v) is 10.7. The Morgan fingerprint density at radius 1 is 1.14 bits per heavy atom. The van der Waals surface area contributed by atoms with Crippen LogP contribution in [-0.2, 0) is 0 Å². The maximum atomic E-state index is 13.8. The van der Waals surface area contributed by atoms with Crippen LogP contribution in [0.2, 0.25) is 0 Å². The number of Topliss-reactive ketones (excluding diaryl/α,β-unsaturated/α-hetero) is 1. The Labute approximate surface area is 180 Å². The van der Waals surface area contributed by atoms with Gasteiger partial charge in [0.15, 0.2) is 5.78 Å². The maximum Gasteiger partial charge on any atom is 0.177 e. The van der Waals surface area contributed by atoms with Crippen molar-refractivity contribution in [1.29, 1.82) is 0 Å². The quantitative estimate of drug-likeness (QED) is 0.435. The van der Waals surface area contributed by atoms with Gasteiger partial charge in [-0.3, -0.25) is 4.79 Å². The summed E-state index contributed by atoms with van der Waals surface area (Å²) in [4.78, 5) is 18.0. The molecule has 4 heteroatoms. The number of ketones is 1. The molecular weight excluding hydrogens is 396 g/mol. The van der Waals surface area contributed by atoms with Crippen molar-refractivity contribution in [1.82, 2.24) is 0 Å². The van der Waals surface area contributed by atoms with Gasteiger partial charge in [0.25, 0.3) is 0 Å². The van der Waals surface area contributed by atoms with E-state index in [1.54, 1.807) is 28.7 Å². The van der Waals surface area contributed by atoms with Crippen LogP contribution in [0.5, 0.6) is 0 Å². The molecule has 2 heterocycles. The Morgan fingerprint density at radius 2 is 1.90 bits per heavy atom. The molecule has 0 aromatic carbocycles. The summed E-state index contributed by atoms with van der Waals surface area (Å²) in [6.45, 7) is 1.85. The normalized spacial score (nSPS) is 26.8. The SMILES string of the molecule is CC#Cc1ccc(-c2ccc(C(=O)[C@@H]3[C@H]4C=CC(O)=C[C@@H]4CC34CCCC4)s2)s1. The van der Waals surface area contributed by atoms with Crippen molar-refractivity contribution in [3.05, 3.63) is 58.0 Å². The smallest absolute Gasteiger partial charge is 0.177 e. The average molecular weight is 421 g/mol. The van der Waals surface area contributed by atoms with E-state index in [-0.39, 0.29) is 17.3 Å². The predicted octanol–water partition coefficient (Wildman–Crippen LogP) is 6.86. The summed E-state index contributed by atoms with van der Waals surface area (Å²) in [5.41, 5.74) is 0.106. The van der Waals surface area contributed by atoms with Gasteiger partial charge in [-0.05, 0) is 79.9 Å². The zero-order chi connectivity index (χ0) is 20.0. The standard InChI is InChI=1S/C25H24O2S2/c1-2-5-18-7-9-20(28-18)21-10-11-22(29-21)24(27)23-19-8-6-17(26)14-16(19)15-25(23)12-3-4-13-25/h6-11,14,16,19,23,26H,3-4,12-13,15H2,1H3/t16-,19+,23+/m1/s1. The summed E-state index contributed by atoms with van der Waals surface area (Å²) < 4.78 is 0. The number of aliphatic hydroxyl groups is 1. The summed E-state index contributed by atoms with van der Waals surface area (Å²) in [6, 6.07) is 8.26. The van der Waals surface area contributed by atoms with E-state index in [2.05, 4.69) is 36.1 Å². The van der Waals surface area contributed by atoms with Gasteiger partial charge < -0.3 is 5.11 Å². The molecule has 0 bridgehead atoms. The molecule has 0 unspecified atom stereocenters. The number of allylic oxidation sites excluding steroid dienone is 3. The van der Waals surface area contributed by atoms with Gasteiger partial charge in [0.1, 0.15) is 5.76 Å². The molecule has 2 aromatic heterocycles. The summed E-state index contributed by atoms with van der Waals surface area (Å²) in [6.07, 6.45) is 11.6. The topological polar surface area (TPSA) is 37.3 Å². The molecule has 2 aromatic rings. The molecule has 1 N–H and O–H groups in total. The van der Waals surface area contributed by atoms with Crippen molar-refractivity contribution in [2.75, 3.05) is 0 Å². The van der Waals surface area contributed by atoms with E-state index in [1.807, 2.05) is 19.1 Å². The Bertz CT molecular complexity index is 1070. The molecule has 0 radical (unpaired) electrons. The molecule has 5 rings (SSSR count). The molecule has 0 saturated heterocycles. The fourth-order valence-corrected chi connectivity index (χ4v) is 7.75. The van der Waals surface area contributed by atoms with Crippen LogP contribution in [0, 0.1) is 35.0 Å². The van der Waals surface area contributed by atoms with Crippen LogP contribution in [0.1, 0.15) is 53.6 Å². The molecule has 2 fully saturated rings. The largest absolute Gasteiger partial charge is 0.508 e. The first-order chi connectivity index (χ1) is 14.1. The number of thiophene rings is 2. The van der Waals surface area contributed by atoms with Crippen LogP contribution >= 0.6 is 22.7 Å². The molecule has 3 atom stereocenters. The second kappa shape index (κ2) is 7.31. The average Bonchev–Trinajstić information content (AvgIpc) is 3.47. The van der Waals surface area contributed by atoms with Crippen molar-refractivity contribution in [2.45, 2.75) is 39.0 Å². The Kier molecular flexibility index (Phi) is 4.76. The number of hydrogen-bond donors (Lipinski definition) is 1. The van der Waals surface area contributed by atoms with E-state index in [0.29, 0.717) is 17.5 Å². The van der Waals surface area contributed by atoms with E-state index < -0.39 is 0 Å². The van der Waals surface area contributed by atoms with Crippen molar-refractivity contribution < 1.29 is 9.90 Å². The zero-order valence-corrected chi connectivity index (χ0v) is 18.1. The molecule has 3 aliphatic rings. The minimum absolute atomic E-state index is 0.0342. The van der Waals surface area contributed by atoms with Crippen LogP contribution < -0.4 is 0 Å². The molecule has 2 nitrogen and oxygen atoms in total. The highest BCUT2D eigenvalue weighted by Crippen LogP contribution is 2.61. The number of hydrogen-bond acceptors (Lipinski definition) is 4. The molecule has 29 heavy (non-hydrogen) atoms. The lowest BCUT2D eigenvalue weighted by molar-refractivity contribution is 0.0774. The lowest BCUT2D eigenvalue weighted by atomic mass is 9.71. The highest BCUT2D eigenvalue weighted by Gasteiger charge is 2.56. The minimum Gasteiger partial charge on any atom is -0.508 e. The third-order valence-electron chi connectivity index (χ3n) is 6.88. The van der Waals surface area contributed by atoms with E-state index in [4.69, 9.17) is 0 Å². The number of aliphatic hydroxyl groups excluding tert-OH is 1. The third-order valence-corrected chi connectivity index (χ3v) is 9.18. The highest BCUT2D eigenvalue weighted by atomic mass is 32.1. The van der Waals surface area contributed by atoms with Gasteiger partial charge in [-0.15, -0.1) is 28.6 Å². The lowest BCUT2D eigenvalue weighted by Gasteiger charge is -2.32. The Morgan fingerprint density at radius 3 is 2.69 bits per heavy atom. The van der Waals surface area contributed by atoms with E-state index in [0.717, 1.165) is 33.9 Å². The van der Waals surface area contributed by atoms with Gasteiger partial charge in [-0.1, -0.05) is 24.8 Å². The summed E-state index contributed by atoms with van der Waals surface area (Å²) in [7, 11) is 0. The van der Waals surface area contributed by atoms with Crippen LogP contribution in [0.25, 0.3) is 9.75 Å². The minimum atomic E-state index is 0.0342. The predicted molar refractivity (Wildman–Crippen MR) is 120 cm³/mol. The van der Waals surface area contributed by atoms with Crippen LogP contribution in [0.15, 0.2) is 48.3 Å². The van der Waals surface area contributed by atoms with Gasteiger partial charge in [0.05, 0.1) is 9.75 Å². The molecule has 3 aliphatic carbocycles. The molecular formula is C25H24O2S2. The maximum absolute atomic E-state index is 13.8. The van der Waals surface area contributed by atoms with Crippen molar-refractivity contribution in [3.8, 4) is 21.6 Å². The van der Waals surface area contributed by atoms with Crippen molar-refractivity contribution in [3.63, 3.8) is 0 Å². The van der Waals surface area contributed by atoms with E-state index in [9.17, 15) is 9.90 Å². The van der Waals surface area contributed by atoms with Gasteiger partial charge in [-0.25, -0.2) is 0 Å². The Balaban J connectivity index is 1.46. The fourth-order valence-electron chi connectivity index (χ4n) is 5.76. The Hall–Kier alpha value is -2.09.